The predicted octanol–water partition coefficient (Wildman–Crippen LogP) is 4.20. The van der Waals surface area contributed by atoms with Crippen molar-refractivity contribution >= 4 is 12.1 Å². The fourth-order valence-corrected chi connectivity index (χ4v) is 2.56. The van der Waals surface area contributed by atoms with Crippen LogP contribution in [0, 0.1) is 0 Å². The molecule has 138 valence electrons. The minimum Gasteiger partial charge on any atom is -0.493 e. The van der Waals surface area contributed by atoms with Crippen LogP contribution in [0.5, 0.6) is 11.5 Å². The zero-order valence-electron chi connectivity index (χ0n) is 15.6. The van der Waals surface area contributed by atoms with Gasteiger partial charge in [-0.15, -0.1) is 0 Å². The maximum absolute atomic E-state index is 12.2. The summed E-state index contributed by atoms with van der Waals surface area (Å²) < 4.78 is 10.4. The molecule has 0 spiro atoms. The zero-order valence-corrected chi connectivity index (χ0v) is 15.6. The van der Waals surface area contributed by atoms with E-state index in [2.05, 4.69) is 29.6 Å². The SMILES string of the molecule is CCCCCc1ccc(/C=N/NC(=O)c2ccc(OC)c(OC)c2)cc1. The smallest absolute Gasteiger partial charge is 0.271 e. The lowest BCUT2D eigenvalue weighted by molar-refractivity contribution is 0.0954. The fourth-order valence-electron chi connectivity index (χ4n) is 2.56. The molecule has 0 unspecified atom stereocenters. The molecule has 2 rings (SSSR count). The second kappa shape index (κ2) is 10.2. The summed E-state index contributed by atoms with van der Waals surface area (Å²) in [6.07, 6.45) is 6.43. The van der Waals surface area contributed by atoms with Crippen molar-refractivity contribution in [2.24, 2.45) is 5.10 Å². The van der Waals surface area contributed by atoms with E-state index >= 15 is 0 Å². The second-order valence-electron chi connectivity index (χ2n) is 5.97. The number of nitrogens with zero attached hydrogens (tertiary/aromatic N) is 1. The summed E-state index contributed by atoms with van der Waals surface area (Å²) in [5, 5.41) is 4.02. The van der Waals surface area contributed by atoms with Crippen molar-refractivity contribution in [2.45, 2.75) is 32.6 Å². The average Bonchev–Trinajstić information content (AvgIpc) is 2.68. The summed E-state index contributed by atoms with van der Waals surface area (Å²) in [4.78, 5) is 12.2. The molecule has 0 fully saturated rings. The van der Waals surface area contributed by atoms with Gasteiger partial charge in [-0.05, 0) is 42.2 Å². The Bertz CT molecular complexity index is 739. The van der Waals surface area contributed by atoms with Crippen LogP contribution in [0.25, 0.3) is 0 Å². The molecule has 5 nitrogen and oxygen atoms in total. The topological polar surface area (TPSA) is 59.9 Å². The number of hydrogen-bond donors (Lipinski definition) is 1. The Kier molecular flexibility index (Phi) is 7.68. The quantitative estimate of drug-likeness (QED) is 0.417. The molecule has 0 saturated heterocycles. The number of nitrogens with one attached hydrogen (secondary N) is 1. The Hall–Kier alpha value is -2.82. The van der Waals surface area contributed by atoms with Crippen molar-refractivity contribution in [1.29, 1.82) is 0 Å². The van der Waals surface area contributed by atoms with Crippen LogP contribution in [-0.2, 0) is 6.42 Å². The van der Waals surface area contributed by atoms with Gasteiger partial charge in [-0.1, -0.05) is 44.0 Å². The first-order chi connectivity index (χ1) is 12.7. The van der Waals surface area contributed by atoms with E-state index in [4.69, 9.17) is 9.47 Å². The predicted molar refractivity (Wildman–Crippen MR) is 104 cm³/mol. The lowest BCUT2D eigenvalue weighted by Gasteiger charge is -2.08. The van der Waals surface area contributed by atoms with E-state index in [-0.39, 0.29) is 5.91 Å². The van der Waals surface area contributed by atoms with Crippen molar-refractivity contribution in [1.82, 2.24) is 5.43 Å². The third-order valence-electron chi connectivity index (χ3n) is 4.07. The number of hydrogen-bond acceptors (Lipinski definition) is 4. The molecular weight excluding hydrogens is 328 g/mol. The number of methoxy groups -OCH3 is 2. The Morgan fingerprint density at radius 2 is 1.77 bits per heavy atom. The Morgan fingerprint density at radius 1 is 1.04 bits per heavy atom. The normalized spacial score (nSPS) is 10.7. The van der Waals surface area contributed by atoms with E-state index < -0.39 is 0 Å². The summed E-state index contributed by atoms with van der Waals surface area (Å²) in [7, 11) is 3.08. The number of carbonyl (C=O) groups excluding carboxylic acids is 1. The van der Waals surface area contributed by atoms with Gasteiger partial charge in [-0.3, -0.25) is 4.79 Å². The van der Waals surface area contributed by atoms with Gasteiger partial charge in [0.2, 0.25) is 0 Å². The summed E-state index contributed by atoms with van der Waals surface area (Å²) in [6, 6.07) is 13.2. The molecule has 2 aromatic rings. The second-order valence-corrected chi connectivity index (χ2v) is 5.97. The number of hydrazone groups is 1. The molecular formula is C21H26N2O3. The Morgan fingerprint density at radius 3 is 2.42 bits per heavy atom. The molecule has 0 aromatic heterocycles. The van der Waals surface area contributed by atoms with E-state index in [9.17, 15) is 4.79 Å². The van der Waals surface area contributed by atoms with Crippen molar-refractivity contribution in [3.05, 3.63) is 59.2 Å². The van der Waals surface area contributed by atoms with E-state index in [0.29, 0.717) is 17.1 Å². The fraction of sp³-hybridized carbons (Fsp3) is 0.333. The molecule has 26 heavy (non-hydrogen) atoms. The lowest BCUT2D eigenvalue weighted by Crippen LogP contribution is -2.17. The van der Waals surface area contributed by atoms with E-state index in [1.807, 2.05) is 12.1 Å². The highest BCUT2D eigenvalue weighted by molar-refractivity contribution is 5.95. The average molecular weight is 354 g/mol. The zero-order chi connectivity index (χ0) is 18.8. The number of carbonyl (C=O) groups is 1. The molecule has 0 aliphatic rings. The molecule has 2 aromatic carbocycles. The molecule has 0 radical (unpaired) electrons. The maximum Gasteiger partial charge on any atom is 0.271 e. The third kappa shape index (κ3) is 5.62. The molecule has 0 bridgehead atoms. The van der Waals surface area contributed by atoms with Gasteiger partial charge in [0.15, 0.2) is 11.5 Å². The van der Waals surface area contributed by atoms with E-state index in [1.165, 1.54) is 31.9 Å². The van der Waals surface area contributed by atoms with Gasteiger partial charge in [-0.2, -0.15) is 5.10 Å². The third-order valence-corrected chi connectivity index (χ3v) is 4.07. The highest BCUT2D eigenvalue weighted by Gasteiger charge is 2.09. The van der Waals surface area contributed by atoms with Crippen LogP contribution in [0.1, 0.15) is 47.7 Å². The monoisotopic (exact) mass is 354 g/mol. The first-order valence-corrected chi connectivity index (χ1v) is 8.82. The largest absolute Gasteiger partial charge is 0.493 e. The van der Waals surface area contributed by atoms with Crippen molar-refractivity contribution < 1.29 is 14.3 Å². The number of aryl methyl sites for hydroxylation is 1. The van der Waals surface area contributed by atoms with Gasteiger partial charge in [-0.25, -0.2) is 5.43 Å². The van der Waals surface area contributed by atoms with Crippen LogP contribution in [0.3, 0.4) is 0 Å². The molecule has 0 atom stereocenters. The standard InChI is InChI=1S/C21H26N2O3/c1-4-5-6-7-16-8-10-17(11-9-16)15-22-23-21(24)18-12-13-19(25-2)20(14-18)26-3/h8-15H,4-7H2,1-3H3,(H,23,24)/b22-15+. The number of benzene rings is 2. The first-order valence-electron chi connectivity index (χ1n) is 8.82. The van der Waals surface area contributed by atoms with Crippen molar-refractivity contribution in [2.75, 3.05) is 14.2 Å². The number of unbranched alkanes of at least 4 members (excludes halogenated alkanes) is 2. The van der Waals surface area contributed by atoms with Gasteiger partial charge in [0.1, 0.15) is 0 Å². The van der Waals surface area contributed by atoms with Gasteiger partial charge >= 0.3 is 0 Å². The molecule has 1 N–H and O–H groups in total. The summed E-state index contributed by atoms with van der Waals surface area (Å²) in [5.41, 5.74) is 5.24. The Balaban J connectivity index is 1.92. The minimum atomic E-state index is -0.307. The molecule has 0 saturated carbocycles. The van der Waals surface area contributed by atoms with Crippen LogP contribution in [0.4, 0.5) is 0 Å². The molecule has 0 aliphatic heterocycles. The van der Waals surface area contributed by atoms with Crippen LogP contribution < -0.4 is 14.9 Å². The van der Waals surface area contributed by atoms with Crippen LogP contribution >= 0.6 is 0 Å². The van der Waals surface area contributed by atoms with Crippen molar-refractivity contribution in [3.8, 4) is 11.5 Å². The van der Waals surface area contributed by atoms with Crippen LogP contribution in [-0.4, -0.2) is 26.3 Å². The Labute approximate surface area is 155 Å². The highest BCUT2D eigenvalue weighted by atomic mass is 16.5. The number of rotatable bonds is 9. The van der Waals surface area contributed by atoms with Crippen LogP contribution in [0.15, 0.2) is 47.6 Å². The first kappa shape index (κ1) is 19.5. The summed E-state index contributed by atoms with van der Waals surface area (Å²) in [5.74, 6) is 0.771. The molecule has 0 aliphatic carbocycles. The van der Waals surface area contributed by atoms with Crippen molar-refractivity contribution in [3.63, 3.8) is 0 Å². The van der Waals surface area contributed by atoms with Gasteiger partial charge in [0.25, 0.3) is 5.91 Å². The molecule has 5 heteroatoms. The highest BCUT2D eigenvalue weighted by Crippen LogP contribution is 2.27. The van der Waals surface area contributed by atoms with E-state index in [0.717, 1.165) is 12.0 Å². The van der Waals surface area contributed by atoms with Crippen LogP contribution in [0.2, 0.25) is 0 Å². The van der Waals surface area contributed by atoms with E-state index in [1.54, 1.807) is 31.5 Å². The minimum absolute atomic E-state index is 0.307. The van der Waals surface area contributed by atoms with Gasteiger partial charge < -0.3 is 9.47 Å². The summed E-state index contributed by atoms with van der Waals surface area (Å²) in [6.45, 7) is 2.20. The maximum atomic E-state index is 12.2. The summed E-state index contributed by atoms with van der Waals surface area (Å²) >= 11 is 0. The lowest BCUT2D eigenvalue weighted by atomic mass is 10.1. The van der Waals surface area contributed by atoms with Gasteiger partial charge in [0, 0.05) is 5.56 Å². The molecule has 1 amide bonds. The number of ether oxygens (including phenoxy) is 2. The molecule has 0 heterocycles. The number of amides is 1. The van der Waals surface area contributed by atoms with Gasteiger partial charge in [0.05, 0.1) is 20.4 Å².